The molecule has 0 spiro atoms. The minimum absolute atomic E-state index is 0.312. The lowest BCUT2D eigenvalue weighted by Gasteiger charge is -2.14. The van der Waals surface area contributed by atoms with Crippen molar-refractivity contribution >= 4 is 45.2 Å². The largest absolute Gasteiger partial charge is 0.507 e. The van der Waals surface area contributed by atoms with Crippen molar-refractivity contribution in [2.75, 3.05) is 0 Å². The van der Waals surface area contributed by atoms with Gasteiger partial charge < -0.3 is 15.3 Å². The molecule has 3 N–H and O–H groups in total. The fourth-order valence-corrected chi connectivity index (χ4v) is 5.11. The van der Waals surface area contributed by atoms with Gasteiger partial charge >= 0.3 is 0 Å². The molecule has 3 rings (SSSR count). The molecule has 5 heteroatoms. The first kappa shape index (κ1) is 21.2. The SMILES string of the molecule is Cc1cc(Cc2cc(C)c(O)c(I)c2)c(O)c(Cc2cc(C)c(O)c(I)c2)c1. The summed E-state index contributed by atoms with van der Waals surface area (Å²) in [5.41, 5.74) is 6.63. The molecule has 0 radical (unpaired) electrons. The van der Waals surface area contributed by atoms with Gasteiger partial charge in [0, 0.05) is 12.8 Å². The molecule has 3 aromatic carbocycles. The van der Waals surface area contributed by atoms with Crippen LogP contribution in [0, 0.1) is 27.9 Å². The molecule has 0 saturated carbocycles. The van der Waals surface area contributed by atoms with Gasteiger partial charge in [0.25, 0.3) is 0 Å². The van der Waals surface area contributed by atoms with Crippen LogP contribution in [0.25, 0.3) is 0 Å². The first-order chi connectivity index (χ1) is 13.2. The van der Waals surface area contributed by atoms with Crippen LogP contribution in [-0.4, -0.2) is 15.3 Å². The molecule has 0 aliphatic heterocycles. The quantitative estimate of drug-likeness (QED) is 0.317. The maximum absolute atomic E-state index is 10.9. The Kier molecular flexibility index (Phi) is 6.44. The van der Waals surface area contributed by atoms with Crippen molar-refractivity contribution in [3.63, 3.8) is 0 Å². The average Bonchev–Trinajstić information content (AvgIpc) is 2.61. The zero-order chi connectivity index (χ0) is 20.6. The Morgan fingerprint density at radius 1 is 0.607 bits per heavy atom. The second kappa shape index (κ2) is 8.49. The predicted octanol–water partition coefficient (Wildman–Crippen LogP) is 6.12. The molecule has 146 valence electrons. The number of rotatable bonds is 4. The minimum Gasteiger partial charge on any atom is -0.507 e. The molecule has 0 aliphatic carbocycles. The number of phenolic OH excluding ortho intramolecular Hbond substituents is 3. The monoisotopic (exact) mass is 600 g/mol. The zero-order valence-electron chi connectivity index (χ0n) is 16.0. The highest BCUT2D eigenvalue weighted by Crippen LogP contribution is 2.33. The van der Waals surface area contributed by atoms with Crippen LogP contribution in [0.4, 0.5) is 0 Å². The van der Waals surface area contributed by atoms with Crippen LogP contribution in [0.15, 0.2) is 36.4 Å². The number of aryl methyl sites for hydroxylation is 3. The van der Waals surface area contributed by atoms with Gasteiger partial charge in [0.2, 0.25) is 0 Å². The highest BCUT2D eigenvalue weighted by molar-refractivity contribution is 14.1. The van der Waals surface area contributed by atoms with Crippen molar-refractivity contribution in [3.05, 3.63) is 82.5 Å². The van der Waals surface area contributed by atoms with Crippen LogP contribution in [0.5, 0.6) is 17.2 Å². The lowest BCUT2D eigenvalue weighted by atomic mass is 9.94. The molecule has 0 saturated heterocycles. The molecule has 0 bridgehead atoms. The number of phenols is 3. The molecule has 0 heterocycles. The molecule has 0 unspecified atom stereocenters. The van der Waals surface area contributed by atoms with Crippen molar-refractivity contribution in [2.45, 2.75) is 33.6 Å². The third-order valence-corrected chi connectivity index (χ3v) is 6.47. The Bertz CT molecular complexity index is 931. The van der Waals surface area contributed by atoms with E-state index in [1.807, 2.05) is 57.2 Å². The van der Waals surface area contributed by atoms with Crippen molar-refractivity contribution in [1.82, 2.24) is 0 Å². The Labute approximate surface area is 192 Å². The first-order valence-corrected chi connectivity index (χ1v) is 11.1. The topological polar surface area (TPSA) is 60.7 Å². The number of hydrogen-bond acceptors (Lipinski definition) is 3. The van der Waals surface area contributed by atoms with Crippen LogP contribution >= 0.6 is 45.2 Å². The summed E-state index contributed by atoms with van der Waals surface area (Å²) in [5.74, 6) is 0.943. The van der Waals surface area contributed by atoms with E-state index in [9.17, 15) is 15.3 Å². The molecule has 0 fully saturated rings. The number of aromatic hydroxyl groups is 3. The van der Waals surface area contributed by atoms with Crippen LogP contribution in [0.2, 0.25) is 0 Å². The van der Waals surface area contributed by atoms with E-state index in [2.05, 4.69) is 45.2 Å². The number of benzene rings is 3. The smallest absolute Gasteiger partial charge is 0.131 e. The summed E-state index contributed by atoms with van der Waals surface area (Å²) in [6.07, 6.45) is 1.20. The van der Waals surface area contributed by atoms with Crippen molar-refractivity contribution in [3.8, 4) is 17.2 Å². The number of halogens is 2. The van der Waals surface area contributed by atoms with Crippen LogP contribution in [-0.2, 0) is 12.8 Å². The third-order valence-electron chi connectivity index (χ3n) is 4.83. The Morgan fingerprint density at radius 3 is 1.36 bits per heavy atom. The molecule has 0 atom stereocenters. The van der Waals surface area contributed by atoms with Gasteiger partial charge in [-0.25, -0.2) is 0 Å². The van der Waals surface area contributed by atoms with Gasteiger partial charge in [-0.05, 0) is 111 Å². The molecule has 0 aliphatic rings. The Morgan fingerprint density at radius 2 is 1.00 bits per heavy atom. The van der Waals surface area contributed by atoms with Crippen LogP contribution < -0.4 is 0 Å². The summed E-state index contributed by atoms with van der Waals surface area (Å²) < 4.78 is 1.63. The second-order valence-corrected chi connectivity index (χ2v) is 9.60. The van der Waals surface area contributed by atoms with Crippen molar-refractivity contribution < 1.29 is 15.3 Å². The fourth-order valence-electron chi connectivity index (χ4n) is 3.46. The number of hydrogen-bond donors (Lipinski definition) is 3. The minimum atomic E-state index is 0.312. The molecule has 28 heavy (non-hydrogen) atoms. The highest BCUT2D eigenvalue weighted by atomic mass is 127. The van der Waals surface area contributed by atoms with Gasteiger partial charge in [-0.1, -0.05) is 29.8 Å². The predicted molar refractivity (Wildman–Crippen MR) is 130 cm³/mol. The summed E-state index contributed by atoms with van der Waals surface area (Å²) in [5, 5.41) is 30.9. The normalized spacial score (nSPS) is 11.0. The second-order valence-electron chi connectivity index (χ2n) is 7.27. The lowest BCUT2D eigenvalue weighted by molar-refractivity contribution is 0.462. The van der Waals surface area contributed by atoms with Gasteiger partial charge in [-0.2, -0.15) is 0 Å². The summed E-state index contributed by atoms with van der Waals surface area (Å²) in [6, 6.07) is 11.9. The fraction of sp³-hybridized carbons (Fsp3) is 0.217. The highest BCUT2D eigenvalue weighted by Gasteiger charge is 2.13. The van der Waals surface area contributed by atoms with Gasteiger partial charge in [0.15, 0.2) is 0 Å². The lowest BCUT2D eigenvalue weighted by Crippen LogP contribution is -1.98. The molecule has 3 nitrogen and oxygen atoms in total. The van der Waals surface area contributed by atoms with Gasteiger partial charge in [0.05, 0.1) is 7.14 Å². The van der Waals surface area contributed by atoms with Gasteiger partial charge in [0.1, 0.15) is 17.2 Å². The van der Waals surface area contributed by atoms with Gasteiger partial charge in [-0.3, -0.25) is 0 Å². The third kappa shape index (κ3) is 4.56. The molecular weight excluding hydrogens is 578 g/mol. The van der Waals surface area contributed by atoms with Crippen molar-refractivity contribution in [2.24, 2.45) is 0 Å². The zero-order valence-corrected chi connectivity index (χ0v) is 20.3. The molecule has 0 amide bonds. The van der Waals surface area contributed by atoms with E-state index in [-0.39, 0.29) is 0 Å². The molecule has 0 aromatic heterocycles. The van der Waals surface area contributed by atoms with Crippen molar-refractivity contribution in [1.29, 1.82) is 0 Å². The maximum atomic E-state index is 10.9. The van der Waals surface area contributed by atoms with E-state index < -0.39 is 0 Å². The van der Waals surface area contributed by atoms with E-state index in [0.29, 0.717) is 30.1 Å². The first-order valence-electron chi connectivity index (χ1n) is 8.93. The summed E-state index contributed by atoms with van der Waals surface area (Å²) in [7, 11) is 0. The maximum Gasteiger partial charge on any atom is 0.131 e. The standard InChI is InChI=1S/C23H22I2O3/c1-12-4-17(8-15-6-13(2)21(26)19(24)10-15)23(28)18(5-12)9-16-7-14(3)22(27)20(25)11-16/h4-7,10-11,26-28H,8-9H2,1-3H3. The summed E-state index contributed by atoms with van der Waals surface area (Å²) in [4.78, 5) is 0. The van der Waals surface area contributed by atoms with E-state index in [4.69, 9.17) is 0 Å². The van der Waals surface area contributed by atoms with Crippen LogP contribution in [0.3, 0.4) is 0 Å². The molecule has 3 aromatic rings. The average molecular weight is 600 g/mol. The molecular formula is C23H22I2O3. The van der Waals surface area contributed by atoms with E-state index in [0.717, 1.165) is 46.1 Å². The Hall–Kier alpha value is -1.48. The van der Waals surface area contributed by atoms with E-state index in [1.165, 1.54) is 0 Å². The van der Waals surface area contributed by atoms with E-state index >= 15 is 0 Å². The van der Waals surface area contributed by atoms with Gasteiger partial charge in [-0.15, -0.1) is 0 Å². The Balaban J connectivity index is 1.96. The summed E-state index contributed by atoms with van der Waals surface area (Å²) >= 11 is 4.26. The summed E-state index contributed by atoms with van der Waals surface area (Å²) in [6.45, 7) is 5.80. The van der Waals surface area contributed by atoms with E-state index in [1.54, 1.807) is 0 Å². The van der Waals surface area contributed by atoms with Crippen LogP contribution in [0.1, 0.15) is 38.9 Å².